The van der Waals surface area contributed by atoms with Gasteiger partial charge in [0.15, 0.2) is 6.61 Å². The maximum atomic E-state index is 12.4. The fraction of sp³-hybridized carbons (Fsp3) is 0.350. The van der Waals surface area contributed by atoms with E-state index in [0.29, 0.717) is 22.1 Å². The smallest absolute Gasteiger partial charge is 0.329 e. The molecule has 2 N–H and O–H groups in total. The van der Waals surface area contributed by atoms with Gasteiger partial charge in [-0.2, -0.15) is 0 Å². The van der Waals surface area contributed by atoms with Crippen LogP contribution in [0.2, 0.25) is 0 Å². The summed E-state index contributed by atoms with van der Waals surface area (Å²) in [7, 11) is 2.99. The van der Waals surface area contributed by atoms with E-state index in [1.165, 1.54) is 25.6 Å². The SMILES string of the molecule is COc1ccc(NC(=O)COC(=O)[C@H](NC(=O)c2cccs2)C(C)C)c(OC)c1. The van der Waals surface area contributed by atoms with Crippen molar-refractivity contribution in [2.75, 3.05) is 26.1 Å². The fourth-order valence-electron chi connectivity index (χ4n) is 2.43. The lowest BCUT2D eigenvalue weighted by Crippen LogP contribution is -2.45. The van der Waals surface area contributed by atoms with Crippen LogP contribution in [-0.2, 0) is 14.3 Å². The van der Waals surface area contributed by atoms with E-state index >= 15 is 0 Å². The first kappa shape index (κ1) is 22.2. The number of carbonyl (C=O) groups excluding carboxylic acids is 3. The van der Waals surface area contributed by atoms with Crippen LogP contribution in [0.25, 0.3) is 0 Å². The van der Waals surface area contributed by atoms with Crippen molar-refractivity contribution >= 4 is 34.8 Å². The Morgan fingerprint density at radius 2 is 1.86 bits per heavy atom. The molecule has 0 bridgehead atoms. The van der Waals surface area contributed by atoms with Gasteiger partial charge >= 0.3 is 5.97 Å². The third kappa shape index (κ3) is 6.21. The molecule has 2 rings (SSSR count). The van der Waals surface area contributed by atoms with Crippen LogP contribution >= 0.6 is 11.3 Å². The van der Waals surface area contributed by atoms with E-state index in [0.717, 1.165) is 0 Å². The summed E-state index contributed by atoms with van der Waals surface area (Å²) in [5.41, 5.74) is 0.417. The second kappa shape index (κ2) is 10.5. The molecule has 8 nitrogen and oxygen atoms in total. The Balaban J connectivity index is 1.93. The summed E-state index contributed by atoms with van der Waals surface area (Å²) in [6.07, 6.45) is 0. The Morgan fingerprint density at radius 3 is 2.45 bits per heavy atom. The van der Waals surface area contributed by atoms with Crippen molar-refractivity contribution < 1.29 is 28.6 Å². The predicted octanol–water partition coefficient (Wildman–Crippen LogP) is 2.70. The van der Waals surface area contributed by atoms with Crippen LogP contribution in [0.15, 0.2) is 35.7 Å². The molecular weight excluding hydrogens is 396 g/mol. The molecular formula is C20H24N2O6S. The molecule has 0 unspecified atom stereocenters. The van der Waals surface area contributed by atoms with Crippen molar-refractivity contribution in [3.05, 3.63) is 40.6 Å². The number of anilines is 1. The number of carbonyl (C=O) groups is 3. The Labute approximate surface area is 173 Å². The highest BCUT2D eigenvalue weighted by atomic mass is 32.1. The molecule has 156 valence electrons. The molecule has 2 amide bonds. The van der Waals surface area contributed by atoms with Crippen LogP contribution in [-0.4, -0.2) is 44.7 Å². The molecule has 0 spiro atoms. The van der Waals surface area contributed by atoms with Crippen LogP contribution in [0.1, 0.15) is 23.5 Å². The summed E-state index contributed by atoms with van der Waals surface area (Å²) in [5.74, 6) is -0.797. The largest absolute Gasteiger partial charge is 0.497 e. The Kier molecular flexibility index (Phi) is 8.02. The monoisotopic (exact) mass is 420 g/mol. The van der Waals surface area contributed by atoms with E-state index in [4.69, 9.17) is 14.2 Å². The van der Waals surface area contributed by atoms with Gasteiger partial charge in [0, 0.05) is 6.07 Å². The molecule has 1 heterocycles. The van der Waals surface area contributed by atoms with Gasteiger partial charge in [0.1, 0.15) is 17.5 Å². The summed E-state index contributed by atoms with van der Waals surface area (Å²) >= 11 is 1.27. The van der Waals surface area contributed by atoms with Crippen molar-refractivity contribution in [1.29, 1.82) is 0 Å². The fourth-order valence-corrected chi connectivity index (χ4v) is 3.06. The van der Waals surface area contributed by atoms with Crippen LogP contribution in [0.4, 0.5) is 5.69 Å². The minimum atomic E-state index is -0.868. The lowest BCUT2D eigenvalue weighted by atomic mass is 10.0. The first-order valence-electron chi connectivity index (χ1n) is 8.88. The molecule has 1 atom stereocenters. The number of benzene rings is 1. The number of hydrogen-bond donors (Lipinski definition) is 2. The third-order valence-corrected chi connectivity index (χ3v) is 4.85. The quantitative estimate of drug-likeness (QED) is 0.605. The van der Waals surface area contributed by atoms with Crippen molar-refractivity contribution in [3.8, 4) is 11.5 Å². The zero-order valence-corrected chi connectivity index (χ0v) is 17.5. The molecule has 1 aromatic heterocycles. The van der Waals surface area contributed by atoms with Gasteiger partial charge < -0.3 is 24.8 Å². The number of ether oxygens (including phenoxy) is 3. The highest BCUT2D eigenvalue weighted by Crippen LogP contribution is 2.28. The van der Waals surface area contributed by atoms with E-state index in [-0.39, 0.29) is 11.8 Å². The lowest BCUT2D eigenvalue weighted by molar-refractivity contribution is -0.150. The highest BCUT2D eigenvalue weighted by molar-refractivity contribution is 7.12. The highest BCUT2D eigenvalue weighted by Gasteiger charge is 2.27. The topological polar surface area (TPSA) is 103 Å². The van der Waals surface area contributed by atoms with Crippen LogP contribution < -0.4 is 20.1 Å². The molecule has 0 aliphatic carbocycles. The number of rotatable bonds is 9. The summed E-state index contributed by atoms with van der Waals surface area (Å²) in [6.45, 7) is 3.07. The summed E-state index contributed by atoms with van der Waals surface area (Å²) < 4.78 is 15.4. The second-order valence-electron chi connectivity index (χ2n) is 6.39. The van der Waals surface area contributed by atoms with Crippen LogP contribution in [0, 0.1) is 5.92 Å². The van der Waals surface area contributed by atoms with Crippen molar-refractivity contribution in [2.45, 2.75) is 19.9 Å². The van der Waals surface area contributed by atoms with Gasteiger partial charge in [0.25, 0.3) is 11.8 Å². The molecule has 29 heavy (non-hydrogen) atoms. The molecule has 0 aliphatic rings. The van der Waals surface area contributed by atoms with Gasteiger partial charge in [-0.05, 0) is 29.5 Å². The normalized spacial score (nSPS) is 11.5. The number of thiophene rings is 1. The van der Waals surface area contributed by atoms with Gasteiger partial charge in [-0.3, -0.25) is 9.59 Å². The number of hydrogen-bond acceptors (Lipinski definition) is 7. The predicted molar refractivity (Wildman–Crippen MR) is 110 cm³/mol. The van der Waals surface area contributed by atoms with E-state index in [1.807, 2.05) is 0 Å². The van der Waals surface area contributed by atoms with Crippen LogP contribution in [0.3, 0.4) is 0 Å². The lowest BCUT2D eigenvalue weighted by Gasteiger charge is -2.20. The average molecular weight is 420 g/mol. The maximum absolute atomic E-state index is 12.4. The van der Waals surface area contributed by atoms with Gasteiger partial charge in [-0.1, -0.05) is 19.9 Å². The van der Waals surface area contributed by atoms with E-state index < -0.39 is 24.5 Å². The zero-order chi connectivity index (χ0) is 21.4. The average Bonchev–Trinajstić information content (AvgIpc) is 3.25. The molecule has 1 aromatic carbocycles. The number of amides is 2. The standard InChI is InChI=1S/C20H24N2O6S/c1-12(2)18(22-19(24)16-6-5-9-29-16)20(25)28-11-17(23)21-14-8-7-13(26-3)10-15(14)27-4/h5-10,12,18H,11H2,1-4H3,(H,21,23)(H,22,24)/t18-/m1/s1. The van der Waals surface area contributed by atoms with Gasteiger partial charge in [0.05, 0.1) is 24.8 Å². The Bertz CT molecular complexity index is 851. The van der Waals surface area contributed by atoms with E-state index in [2.05, 4.69) is 10.6 Å². The minimum absolute atomic E-state index is 0.212. The molecule has 2 aromatic rings. The second-order valence-corrected chi connectivity index (χ2v) is 7.34. The molecule has 0 fully saturated rings. The first-order valence-corrected chi connectivity index (χ1v) is 9.76. The summed E-state index contributed by atoms with van der Waals surface area (Å²) in [5, 5.41) is 7.04. The number of nitrogens with one attached hydrogen (secondary N) is 2. The molecule has 0 radical (unpaired) electrons. The Hall–Kier alpha value is -3.07. The zero-order valence-electron chi connectivity index (χ0n) is 16.7. The summed E-state index contributed by atoms with van der Waals surface area (Å²) in [6, 6.07) is 7.46. The van der Waals surface area contributed by atoms with Crippen molar-refractivity contribution in [2.24, 2.45) is 5.92 Å². The van der Waals surface area contributed by atoms with Gasteiger partial charge in [-0.25, -0.2) is 4.79 Å². The number of esters is 1. The molecule has 0 saturated heterocycles. The van der Waals surface area contributed by atoms with E-state index in [1.54, 1.807) is 49.6 Å². The molecule has 0 saturated carbocycles. The Morgan fingerprint density at radius 1 is 1.10 bits per heavy atom. The number of methoxy groups -OCH3 is 2. The van der Waals surface area contributed by atoms with Crippen molar-refractivity contribution in [1.82, 2.24) is 5.32 Å². The molecule has 9 heteroatoms. The van der Waals surface area contributed by atoms with Gasteiger partial charge in [0.2, 0.25) is 0 Å². The summed E-state index contributed by atoms with van der Waals surface area (Å²) in [4.78, 5) is 37.3. The van der Waals surface area contributed by atoms with Crippen LogP contribution in [0.5, 0.6) is 11.5 Å². The molecule has 0 aliphatic heterocycles. The van der Waals surface area contributed by atoms with Crippen molar-refractivity contribution in [3.63, 3.8) is 0 Å². The maximum Gasteiger partial charge on any atom is 0.329 e. The first-order chi connectivity index (χ1) is 13.8. The third-order valence-electron chi connectivity index (χ3n) is 3.98. The van der Waals surface area contributed by atoms with E-state index in [9.17, 15) is 14.4 Å². The van der Waals surface area contributed by atoms with Gasteiger partial charge in [-0.15, -0.1) is 11.3 Å². The minimum Gasteiger partial charge on any atom is -0.497 e.